The van der Waals surface area contributed by atoms with Gasteiger partial charge in [-0.25, -0.2) is 14.6 Å². The maximum absolute atomic E-state index is 12.2. The highest BCUT2D eigenvalue weighted by Crippen LogP contribution is 2.26. The molecule has 1 amide bonds. The largest absolute Gasteiger partial charge is 0.460 e. The van der Waals surface area contributed by atoms with E-state index in [0.29, 0.717) is 30.8 Å². The predicted octanol–water partition coefficient (Wildman–Crippen LogP) is 3.11. The number of rotatable bonds is 6. The molecule has 1 aliphatic rings. The van der Waals surface area contributed by atoms with Gasteiger partial charge in [0.1, 0.15) is 12.9 Å². The van der Waals surface area contributed by atoms with Gasteiger partial charge in [-0.2, -0.15) is 0 Å². The lowest BCUT2D eigenvalue weighted by Crippen LogP contribution is -2.53. The van der Waals surface area contributed by atoms with Crippen LogP contribution in [0.1, 0.15) is 17.3 Å². The van der Waals surface area contributed by atoms with Crippen LogP contribution in [0.2, 0.25) is 0 Å². The number of esters is 1. The predicted molar refractivity (Wildman–Crippen MR) is 124 cm³/mol. The van der Waals surface area contributed by atoms with Crippen LogP contribution in [0.25, 0.3) is 16.7 Å². The summed E-state index contributed by atoms with van der Waals surface area (Å²) in [6, 6.07) is 13.7. The standard InChI is InChI=1S/C24H28N4O5/c1-17-15-26(24(30)32-3)9-10-27(17)19-5-4-6-20(14-19)28-16-25-21-13-18(7-8-22(21)28)23(29)33-12-11-31-2/h4-8,13-14,16-17H,9-12,15H2,1-3H3. The molecule has 174 valence electrons. The molecule has 1 aromatic heterocycles. The lowest BCUT2D eigenvalue weighted by molar-refractivity contribution is 0.0388. The van der Waals surface area contributed by atoms with Gasteiger partial charge in [-0.05, 0) is 43.3 Å². The second kappa shape index (κ2) is 9.91. The molecule has 0 N–H and O–H groups in total. The zero-order valence-electron chi connectivity index (χ0n) is 19.1. The molecule has 1 saturated heterocycles. The van der Waals surface area contributed by atoms with Crippen molar-refractivity contribution in [3.05, 3.63) is 54.4 Å². The molecule has 2 aromatic carbocycles. The van der Waals surface area contributed by atoms with Gasteiger partial charge in [0.2, 0.25) is 0 Å². The summed E-state index contributed by atoms with van der Waals surface area (Å²) in [6.07, 6.45) is 1.46. The van der Waals surface area contributed by atoms with Crippen molar-refractivity contribution < 1.29 is 23.8 Å². The Morgan fingerprint density at radius 1 is 1.06 bits per heavy atom. The summed E-state index contributed by atoms with van der Waals surface area (Å²) in [4.78, 5) is 32.6. The molecule has 1 aliphatic heterocycles. The average Bonchev–Trinajstić information content (AvgIpc) is 3.27. The average molecular weight is 453 g/mol. The minimum absolute atomic E-state index is 0.152. The highest BCUT2D eigenvalue weighted by Gasteiger charge is 2.27. The molecule has 0 radical (unpaired) electrons. The second-order valence-corrected chi connectivity index (χ2v) is 7.93. The van der Waals surface area contributed by atoms with Crippen LogP contribution in [0.3, 0.4) is 0 Å². The number of piperazine rings is 1. The minimum Gasteiger partial charge on any atom is -0.460 e. The molecular formula is C24H28N4O5. The number of ether oxygens (including phenoxy) is 3. The first kappa shape index (κ1) is 22.6. The topological polar surface area (TPSA) is 86.1 Å². The fourth-order valence-corrected chi connectivity index (χ4v) is 4.10. The fraction of sp³-hybridized carbons (Fsp3) is 0.375. The smallest absolute Gasteiger partial charge is 0.409 e. The Kier molecular flexibility index (Phi) is 6.79. The molecule has 3 aromatic rings. The number of hydrogen-bond acceptors (Lipinski definition) is 7. The van der Waals surface area contributed by atoms with E-state index in [-0.39, 0.29) is 18.7 Å². The molecule has 0 bridgehead atoms. The normalized spacial score (nSPS) is 16.2. The molecule has 9 nitrogen and oxygen atoms in total. The van der Waals surface area contributed by atoms with Crippen LogP contribution in [-0.4, -0.2) is 79.6 Å². The number of hydrogen-bond donors (Lipinski definition) is 0. The third-order valence-electron chi connectivity index (χ3n) is 5.80. The van der Waals surface area contributed by atoms with Gasteiger partial charge in [-0.3, -0.25) is 4.57 Å². The lowest BCUT2D eigenvalue weighted by Gasteiger charge is -2.40. The van der Waals surface area contributed by atoms with Gasteiger partial charge in [-0.1, -0.05) is 6.07 Å². The van der Waals surface area contributed by atoms with Crippen LogP contribution >= 0.6 is 0 Å². The summed E-state index contributed by atoms with van der Waals surface area (Å²) in [7, 11) is 2.97. The van der Waals surface area contributed by atoms with Crippen molar-refractivity contribution in [3.63, 3.8) is 0 Å². The summed E-state index contributed by atoms with van der Waals surface area (Å²) >= 11 is 0. The van der Waals surface area contributed by atoms with Gasteiger partial charge in [-0.15, -0.1) is 0 Å². The maximum Gasteiger partial charge on any atom is 0.409 e. The molecule has 0 spiro atoms. The van der Waals surface area contributed by atoms with Crippen molar-refractivity contribution in [2.45, 2.75) is 13.0 Å². The Hall–Kier alpha value is -3.59. The molecule has 1 fully saturated rings. The van der Waals surface area contributed by atoms with Gasteiger partial charge >= 0.3 is 12.1 Å². The summed E-state index contributed by atoms with van der Waals surface area (Å²) in [5.41, 5.74) is 4.10. The summed E-state index contributed by atoms with van der Waals surface area (Å²) < 4.78 is 17.0. The Morgan fingerprint density at radius 3 is 2.64 bits per heavy atom. The van der Waals surface area contributed by atoms with Crippen molar-refractivity contribution in [2.75, 3.05) is 52.0 Å². The quantitative estimate of drug-likeness (QED) is 0.420. The number of fused-ring (bicyclic) bond motifs is 1. The SMILES string of the molecule is COCCOC(=O)c1ccc2c(c1)ncn2-c1cccc(N2CCN(C(=O)OC)CC2C)c1. The van der Waals surface area contributed by atoms with Crippen molar-refractivity contribution in [3.8, 4) is 5.69 Å². The van der Waals surface area contributed by atoms with Crippen molar-refractivity contribution in [2.24, 2.45) is 0 Å². The van der Waals surface area contributed by atoms with E-state index in [1.54, 1.807) is 30.5 Å². The van der Waals surface area contributed by atoms with Gasteiger partial charge < -0.3 is 24.0 Å². The molecule has 0 aliphatic carbocycles. The van der Waals surface area contributed by atoms with E-state index in [0.717, 1.165) is 23.4 Å². The Balaban J connectivity index is 1.54. The lowest BCUT2D eigenvalue weighted by atomic mass is 10.1. The van der Waals surface area contributed by atoms with Crippen LogP contribution in [0.4, 0.5) is 10.5 Å². The Bertz CT molecular complexity index is 1140. The first-order valence-corrected chi connectivity index (χ1v) is 10.8. The Morgan fingerprint density at radius 2 is 1.88 bits per heavy atom. The van der Waals surface area contributed by atoms with Gasteiger partial charge in [0.05, 0.1) is 30.3 Å². The molecule has 9 heteroatoms. The van der Waals surface area contributed by atoms with Crippen LogP contribution in [-0.2, 0) is 14.2 Å². The minimum atomic E-state index is -0.398. The number of nitrogens with zero attached hydrogens (tertiary/aromatic N) is 4. The third-order valence-corrected chi connectivity index (χ3v) is 5.80. The van der Waals surface area contributed by atoms with Crippen molar-refractivity contribution >= 4 is 28.8 Å². The number of methoxy groups -OCH3 is 2. The number of benzene rings is 2. The summed E-state index contributed by atoms with van der Waals surface area (Å²) in [5, 5.41) is 0. The number of aromatic nitrogens is 2. The van der Waals surface area contributed by atoms with Crippen molar-refractivity contribution in [1.82, 2.24) is 14.5 Å². The number of amides is 1. The maximum atomic E-state index is 12.2. The molecule has 1 unspecified atom stereocenters. The summed E-state index contributed by atoms with van der Waals surface area (Å²) in [5.74, 6) is -0.398. The molecule has 2 heterocycles. The number of anilines is 1. The van der Waals surface area contributed by atoms with Crippen LogP contribution in [0.15, 0.2) is 48.8 Å². The van der Waals surface area contributed by atoms with E-state index < -0.39 is 5.97 Å². The van der Waals surface area contributed by atoms with E-state index in [2.05, 4.69) is 28.9 Å². The third kappa shape index (κ3) is 4.78. The Labute approximate surface area is 192 Å². The molecule has 33 heavy (non-hydrogen) atoms. The molecule has 0 saturated carbocycles. The fourth-order valence-electron chi connectivity index (χ4n) is 4.10. The second-order valence-electron chi connectivity index (χ2n) is 7.93. The summed E-state index contributed by atoms with van der Waals surface area (Å²) in [6.45, 7) is 4.60. The van der Waals surface area contributed by atoms with E-state index in [1.165, 1.54) is 7.11 Å². The van der Waals surface area contributed by atoms with Crippen LogP contribution in [0, 0.1) is 0 Å². The number of carbonyl (C=O) groups is 2. The van der Waals surface area contributed by atoms with Crippen LogP contribution < -0.4 is 4.90 Å². The first-order valence-electron chi connectivity index (χ1n) is 10.8. The first-order chi connectivity index (χ1) is 16.0. The highest BCUT2D eigenvalue weighted by atomic mass is 16.6. The van der Waals surface area contributed by atoms with E-state index in [1.807, 2.05) is 22.8 Å². The monoisotopic (exact) mass is 452 g/mol. The van der Waals surface area contributed by atoms with E-state index in [4.69, 9.17) is 14.2 Å². The number of carbonyl (C=O) groups excluding carboxylic acids is 2. The van der Waals surface area contributed by atoms with Gasteiger partial charge in [0.15, 0.2) is 0 Å². The van der Waals surface area contributed by atoms with E-state index >= 15 is 0 Å². The molecule has 4 rings (SSSR count). The van der Waals surface area contributed by atoms with Crippen molar-refractivity contribution in [1.29, 1.82) is 0 Å². The van der Waals surface area contributed by atoms with Gasteiger partial charge in [0, 0.05) is 44.2 Å². The highest BCUT2D eigenvalue weighted by molar-refractivity contribution is 5.94. The molecular weight excluding hydrogens is 424 g/mol. The van der Waals surface area contributed by atoms with Gasteiger partial charge in [0.25, 0.3) is 0 Å². The molecule has 1 atom stereocenters. The zero-order valence-corrected chi connectivity index (χ0v) is 19.1. The van der Waals surface area contributed by atoms with E-state index in [9.17, 15) is 9.59 Å². The number of imidazole rings is 1. The van der Waals surface area contributed by atoms with Crippen LogP contribution in [0.5, 0.6) is 0 Å². The zero-order chi connectivity index (χ0) is 23.4.